The zero-order chi connectivity index (χ0) is 14.8. The van der Waals surface area contributed by atoms with Crippen LogP contribution in [0, 0.1) is 5.82 Å². The Bertz CT molecular complexity index is 541. The minimum atomic E-state index is -1.24. The molecule has 1 saturated heterocycles. The van der Waals surface area contributed by atoms with Gasteiger partial charge < -0.3 is 20.9 Å². The number of halogens is 1. The monoisotopic (exact) mass is 282 g/mol. The normalized spacial score (nSPS) is 17.4. The summed E-state index contributed by atoms with van der Waals surface area (Å²) in [5.74, 6) is -2.47. The number of aliphatic carboxylic acids is 1. The second kappa shape index (κ2) is 5.46. The third-order valence-electron chi connectivity index (χ3n) is 3.38. The van der Waals surface area contributed by atoms with Crippen molar-refractivity contribution in [3.63, 3.8) is 0 Å². The maximum atomic E-state index is 13.2. The van der Waals surface area contributed by atoms with Crippen LogP contribution in [0.4, 0.5) is 10.1 Å². The van der Waals surface area contributed by atoms with Crippen LogP contribution in [0.5, 0.6) is 0 Å². The molecular weight excluding hydrogens is 267 g/mol. The van der Waals surface area contributed by atoms with Gasteiger partial charge in [0.2, 0.25) is 0 Å². The van der Waals surface area contributed by atoms with E-state index in [0.717, 1.165) is 12.1 Å². The van der Waals surface area contributed by atoms with Gasteiger partial charge in [-0.05, 0) is 18.2 Å². The summed E-state index contributed by atoms with van der Waals surface area (Å²) >= 11 is 0. The van der Waals surface area contributed by atoms with E-state index in [1.807, 2.05) is 0 Å². The highest BCUT2D eigenvalue weighted by Gasteiger charge is 2.40. The smallest absolute Gasteiger partial charge is 0.329 e. The van der Waals surface area contributed by atoms with E-state index in [4.69, 9.17) is 10.5 Å². The van der Waals surface area contributed by atoms with E-state index < -0.39 is 23.2 Å². The molecule has 4 N–H and O–H groups in total. The van der Waals surface area contributed by atoms with Crippen LogP contribution in [0.2, 0.25) is 0 Å². The molecule has 0 radical (unpaired) electrons. The molecule has 0 spiro atoms. The largest absolute Gasteiger partial charge is 0.480 e. The Balaban J connectivity index is 2.36. The van der Waals surface area contributed by atoms with E-state index in [9.17, 15) is 19.1 Å². The number of benzene rings is 1. The Morgan fingerprint density at radius 2 is 2.00 bits per heavy atom. The molecule has 0 aromatic heterocycles. The molecule has 2 rings (SSSR count). The number of carboxylic acids is 1. The number of hydrogen-bond donors (Lipinski definition) is 3. The first-order chi connectivity index (χ1) is 9.44. The van der Waals surface area contributed by atoms with E-state index in [1.165, 1.54) is 6.07 Å². The van der Waals surface area contributed by atoms with Gasteiger partial charge in [0, 0.05) is 31.7 Å². The number of rotatable bonds is 4. The Kier molecular flexibility index (Phi) is 3.89. The van der Waals surface area contributed by atoms with Crippen LogP contribution < -0.4 is 11.1 Å². The van der Waals surface area contributed by atoms with Gasteiger partial charge in [0.25, 0.3) is 5.91 Å². The number of amides is 1. The SMILES string of the molecule is NC(=O)c1cc(F)ccc1NC1(C(=O)O)CCOCC1. The molecule has 1 aliphatic rings. The van der Waals surface area contributed by atoms with Crippen molar-refractivity contribution >= 4 is 17.6 Å². The molecule has 7 heteroatoms. The Hall–Kier alpha value is -2.15. The van der Waals surface area contributed by atoms with Crippen molar-refractivity contribution in [2.24, 2.45) is 5.73 Å². The summed E-state index contributed by atoms with van der Waals surface area (Å²) in [4.78, 5) is 22.9. The maximum absolute atomic E-state index is 13.2. The summed E-state index contributed by atoms with van der Waals surface area (Å²) in [7, 11) is 0. The van der Waals surface area contributed by atoms with Gasteiger partial charge >= 0.3 is 5.97 Å². The number of primary amides is 1. The number of nitrogens with two attached hydrogens (primary N) is 1. The molecule has 1 aromatic carbocycles. The summed E-state index contributed by atoms with van der Waals surface area (Å²) < 4.78 is 18.3. The number of carbonyl (C=O) groups excluding carboxylic acids is 1. The lowest BCUT2D eigenvalue weighted by molar-refractivity contribution is -0.145. The zero-order valence-corrected chi connectivity index (χ0v) is 10.7. The molecule has 1 heterocycles. The van der Waals surface area contributed by atoms with Gasteiger partial charge in [-0.2, -0.15) is 0 Å². The molecule has 1 aliphatic heterocycles. The number of carbonyl (C=O) groups is 2. The van der Waals surface area contributed by atoms with E-state index in [-0.39, 0.29) is 24.1 Å². The third kappa shape index (κ3) is 2.72. The molecule has 108 valence electrons. The van der Waals surface area contributed by atoms with Crippen molar-refractivity contribution in [1.29, 1.82) is 0 Å². The molecule has 6 nitrogen and oxygen atoms in total. The fourth-order valence-corrected chi connectivity index (χ4v) is 2.20. The first kappa shape index (κ1) is 14.3. The Labute approximate surface area is 114 Å². The topological polar surface area (TPSA) is 102 Å². The predicted octanol–water partition coefficient (Wildman–Crippen LogP) is 0.970. The van der Waals surface area contributed by atoms with Gasteiger partial charge in [-0.1, -0.05) is 0 Å². The van der Waals surface area contributed by atoms with E-state index in [2.05, 4.69) is 5.32 Å². The number of ether oxygens (including phenoxy) is 1. The van der Waals surface area contributed by atoms with Crippen molar-refractivity contribution in [2.45, 2.75) is 18.4 Å². The molecule has 0 bridgehead atoms. The first-order valence-corrected chi connectivity index (χ1v) is 6.13. The van der Waals surface area contributed by atoms with Gasteiger partial charge in [-0.25, -0.2) is 9.18 Å². The predicted molar refractivity (Wildman–Crippen MR) is 69.0 cm³/mol. The van der Waals surface area contributed by atoms with Crippen LogP contribution in [0.3, 0.4) is 0 Å². The van der Waals surface area contributed by atoms with Crippen LogP contribution >= 0.6 is 0 Å². The first-order valence-electron chi connectivity index (χ1n) is 6.13. The summed E-state index contributed by atoms with van der Waals surface area (Å²) in [5, 5.41) is 12.2. The second-order valence-corrected chi connectivity index (χ2v) is 4.68. The molecule has 0 aliphatic carbocycles. The number of anilines is 1. The van der Waals surface area contributed by atoms with E-state index in [0.29, 0.717) is 13.2 Å². The van der Waals surface area contributed by atoms with Crippen molar-refractivity contribution < 1.29 is 23.8 Å². The standard InChI is InChI=1S/C13H15FN2O4/c14-8-1-2-10(9(7-8)11(15)17)16-13(12(18)19)3-5-20-6-4-13/h1-2,7,16H,3-6H2,(H2,15,17)(H,18,19). The average molecular weight is 282 g/mol. The van der Waals surface area contributed by atoms with Crippen LogP contribution in [-0.2, 0) is 9.53 Å². The van der Waals surface area contributed by atoms with Gasteiger partial charge in [0.1, 0.15) is 11.4 Å². The van der Waals surface area contributed by atoms with Gasteiger partial charge in [0.05, 0.1) is 5.56 Å². The summed E-state index contributed by atoms with van der Waals surface area (Å²) in [6.45, 7) is 0.596. The molecule has 1 amide bonds. The number of hydrogen-bond acceptors (Lipinski definition) is 4. The molecule has 0 unspecified atom stereocenters. The minimum absolute atomic E-state index is 0.0721. The fourth-order valence-electron chi connectivity index (χ4n) is 2.20. The molecule has 1 aromatic rings. The van der Waals surface area contributed by atoms with Crippen molar-refractivity contribution in [2.75, 3.05) is 18.5 Å². The van der Waals surface area contributed by atoms with Crippen molar-refractivity contribution in [3.05, 3.63) is 29.6 Å². The molecule has 20 heavy (non-hydrogen) atoms. The highest BCUT2D eigenvalue weighted by atomic mass is 19.1. The van der Waals surface area contributed by atoms with Gasteiger partial charge in [-0.3, -0.25) is 4.79 Å². The Morgan fingerprint density at radius 1 is 1.35 bits per heavy atom. The van der Waals surface area contributed by atoms with Crippen molar-refractivity contribution in [3.8, 4) is 0 Å². The lowest BCUT2D eigenvalue weighted by Gasteiger charge is -2.35. The minimum Gasteiger partial charge on any atom is -0.480 e. The zero-order valence-electron chi connectivity index (χ0n) is 10.7. The summed E-state index contributed by atoms with van der Waals surface area (Å²) in [5.41, 5.74) is 4.09. The van der Waals surface area contributed by atoms with Crippen LogP contribution in [-0.4, -0.2) is 35.7 Å². The maximum Gasteiger partial charge on any atom is 0.329 e. The van der Waals surface area contributed by atoms with E-state index >= 15 is 0 Å². The molecule has 1 fully saturated rings. The summed E-state index contributed by atoms with van der Waals surface area (Å²) in [6.07, 6.45) is 0.496. The van der Waals surface area contributed by atoms with Crippen LogP contribution in [0.1, 0.15) is 23.2 Å². The highest BCUT2D eigenvalue weighted by Crippen LogP contribution is 2.28. The quantitative estimate of drug-likeness (QED) is 0.763. The van der Waals surface area contributed by atoms with Crippen LogP contribution in [0.15, 0.2) is 18.2 Å². The highest BCUT2D eigenvalue weighted by molar-refractivity contribution is 5.99. The number of carboxylic acid groups (broad SMARTS) is 1. The summed E-state index contributed by atoms with van der Waals surface area (Å²) in [6, 6.07) is 3.44. The van der Waals surface area contributed by atoms with Gasteiger partial charge in [0.15, 0.2) is 0 Å². The average Bonchev–Trinajstić information content (AvgIpc) is 2.41. The fraction of sp³-hybridized carbons (Fsp3) is 0.385. The number of nitrogens with one attached hydrogen (secondary N) is 1. The molecule has 0 atom stereocenters. The molecular formula is C13H15FN2O4. The lowest BCUT2D eigenvalue weighted by Crippen LogP contribution is -2.50. The van der Waals surface area contributed by atoms with Crippen molar-refractivity contribution in [1.82, 2.24) is 0 Å². The second-order valence-electron chi connectivity index (χ2n) is 4.68. The van der Waals surface area contributed by atoms with E-state index in [1.54, 1.807) is 0 Å². The third-order valence-corrected chi connectivity index (χ3v) is 3.38. The van der Waals surface area contributed by atoms with Crippen LogP contribution in [0.25, 0.3) is 0 Å². The lowest BCUT2D eigenvalue weighted by atomic mass is 9.89. The Morgan fingerprint density at radius 3 is 2.55 bits per heavy atom. The molecule has 0 saturated carbocycles. The van der Waals surface area contributed by atoms with Gasteiger partial charge in [-0.15, -0.1) is 0 Å².